The van der Waals surface area contributed by atoms with Crippen LogP contribution in [0.5, 0.6) is 0 Å². The average molecular weight is 453 g/mol. The van der Waals surface area contributed by atoms with E-state index in [1.807, 2.05) is 0 Å². The van der Waals surface area contributed by atoms with Crippen LogP contribution in [0.3, 0.4) is 0 Å². The Kier molecular flexibility index (Phi) is 11.5. The molecule has 14 nitrogen and oxygen atoms in total. The van der Waals surface area contributed by atoms with Gasteiger partial charge in [0.05, 0.1) is 13.2 Å². The number of nitrogens with zero attached hydrogens (tertiary/aromatic N) is 2. The second-order valence-electron chi connectivity index (χ2n) is 6.77. The molecule has 0 rings (SSSR count). The van der Waals surface area contributed by atoms with E-state index in [9.17, 15) is 28.9 Å². The van der Waals surface area contributed by atoms with E-state index >= 15 is 0 Å². The van der Waals surface area contributed by atoms with Crippen LogP contribution in [-0.2, 0) is 23.7 Å². The standard InChI is InChI=1S/C15H32N7O7P/c1-8(2)10(16)12(24)20-9(6-5-7-19-15(17)18)11(23)21-22(3)30(27,28)14(26)13(25)29-4/h8-10,14,26H,5-7,16H2,1-4H3,(H,20,24)(H,21,23)(H,27,28)(H4,17,18,19)/t9-,10-,14-/m0/s1. The Balaban J connectivity index is 5.33. The molecule has 0 bridgehead atoms. The Bertz CT molecular complexity index is 684. The number of methoxy groups -OCH3 is 1. The third-order valence-electron chi connectivity index (χ3n) is 4.03. The van der Waals surface area contributed by atoms with Gasteiger partial charge in [0, 0.05) is 13.6 Å². The zero-order valence-electron chi connectivity index (χ0n) is 17.4. The van der Waals surface area contributed by atoms with E-state index in [0.29, 0.717) is 11.2 Å². The quantitative estimate of drug-likeness (QED) is 0.0396. The number of carbonyl (C=O) groups is 3. The van der Waals surface area contributed by atoms with Gasteiger partial charge in [-0.15, -0.1) is 4.78 Å². The number of hydrazine groups is 1. The monoisotopic (exact) mass is 453 g/mol. The molecule has 0 radical (unpaired) electrons. The summed E-state index contributed by atoms with van der Waals surface area (Å²) in [6, 6.07) is -2.05. The van der Waals surface area contributed by atoms with Crippen LogP contribution < -0.4 is 27.9 Å². The second kappa shape index (κ2) is 12.4. The maximum absolute atomic E-state index is 12.6. The van der Waals surface area contributed by atoms with E-state index in [4.69, 9.17) is 17.2 Å². The first kappa shape index (κ1) is 27.8. The highest BCUT2D eigenvalue weighted by atomic mass is 31.2. The van der Waals surface area contributed by atoms with Gasteiger partial charge >= 0.3 is 13.5 Å². The number of hydrogen-bond donors (Lipinski definition) is 7. The second-order valence-corrected chi connectivity index (χ2v) is 9.03. The molecule has 2 amide bonds. The lowest BCUT2D eigenvalue weighted by Gasteiger charge is -2.28. The minimum atomic E-state index is -4.76. The smallest absolute Gasteiger partial charge is 0.346 e. The summed E-state index contributed by atoms with van der Waals surface area (Å²) < 4.78 is 16.9. The lowest BCUT2D eigenvalue weighted by molar-refractivity contribution is -0.146. The van der Waals surface area contributed by atoms with Crippen molar-refractivity contribution in [2.24, 2.45) is 28.1 Å². The number of guanidine groups is 1. The number of ether oxygens (including phenoxy) is 1. The van der Waals surface area contributed by atoms with Gasteiger partial charge in [-0.25, -0.2) is 4.79 Å². The fraction of sp³-hybridized carbons (Fsp3) is 0.733. The molecule has 0 fully saturated rings. The van der Waals surface area contributed by atoms with Crippen molar-refractivity contribution in [2.45, 2.75) is 44.6 Å². The van der Waals surface area contributed by atoms with Gasteiger partial charge in [0.2, 0.25) is 11.8 Å². The predicted molar refractivity (Wildman–Crippen MR) is 108 cm³/mol. The molecule has 174 valence electrons. The van der Waals surface area contributed by atoms with Crippen LogP contribution in [0.4, 0.5) is 0 Å². The molecule has 0 heterocycles. The number of nitrogens with one attached hydrogen (secondary N) is 2. The number of aliphatic hydroxyl groups is 1. The van der Waals surface area contributed by atoms with E-state index in [2.05, 4.69) is 20.5 Å². The number of nitrogens with two attached hydrogens (primary N) is 3. The van der Waals surface area contributed by atoms with Crippen molar-refractivity contribution >= 4 is 31.3 Å². The van der Waals surface area contributed by atoms with Crippen molar-refractivity contribution in [3.05, 3.63) is 0 Å². The Labute approximate surface area is 174 Å². The molecule has 1 unspecified atom stereocenters. The van der Waals surface area contributed by atoms with Crippen molar-refractivity contribution in [3.8, 4) is 0 Å². The van der Waals surface area contributed by atoms with Crippen molar-refractivity contribution in [2.75, 3.05) is 20.7 Å². The summed E-state index contributed by atoms with van der Waals surface area (Å²) >= 11 is 0. The maximum Gasteiger partial charge on any atom is 0.346 e. The maximum atomic E-state index is 12.6. The molecular formula is C15H32N7O7P. The van der Waals surface area contributed by atoms with Crippen molar-refractivity contribution in [1.29, 1.82) is 0 Å². The average Bonchev–Trinajstić information content (AvgIpc) is 2.67. The number of aliphatic hydroxyl groups excluding tert-OH is 1. The topological polar surface area (TPSA) is 236 Å². The molecule has 0 saturated carbocycles. The first-order chi connectivity index (χ1) is 13.7. The molecule has 0 aromatic carbocycles. The molecule has 0 aromatic heterocycles. The fourth-order valence-electron chi connectivity index (χ4n) is 2.06. The first-order valence-corrected chi connectivity index (χ1v) is 10.7. The summed E-state index contributed by atoms with van der Waals surface area (Å²) in [5.41, 5.74) is 18.3. The molecule has 0 aromatic rings. The minimum absolute atomic E-state index is 0.0717. The van der Waals surface area contributed by atoms with E-state index in [1.165, 1.54) is 0 Å². The van der Waals surface area contributed by atoms with E-state index in [-0.39, 0.29) is 24.8 Å². The van der Waals surface area contributed by atoms with Gasteiger partial charge in [-0.3, -0.25) is 24.6 Å². The highest BCUT2D eigenvalue weighted by Crippen LogP contribution is 2.47. The molecule has 15 heteroatoms. The number of rotatable bonds is 12. The molecule has 0 aliphatic rings. The van der Waals surface area contributed by atoms with E-state index < -0.39 is 43.2 Å². The molecular weight excluding hydrogens is 421 g/mol. The van der Waals surface area contributed by atoms with Gasteiger partial charge in [-0.05, 0) is 18.8 Å². The van der Waals surface area contributed by atoms with Crippen LogP contribution in [-0.4, -0.2) is 77.2 Å². The Morgan fingerprint density at radius 2 is 1.80 bits per heavy atom. The first-order valence-electron chi connectivity index (χ1n) is 9.00. The summed E-state index contributed by atoms with van der Waals surface area (Å²) in [7, 11) is -2.87. The van der Waals surface area contributed by atoms with Gasteiger partial charge in [-0.1, -0.05) is 13.8 Å². The van der Waals surface area contributed by atoms with Gasteiger partial charge in [0.25, 0.3) is 5.91 Å². The summed E-state index contributed by atoms with van der Waals surface area (Å²) in [4.78, 5) is 49.9. The Morgan fingerprint density at radius 1 is 1.23 bits per heavy atom. The largest absolute Gasteiger partial charge is 0.467 e. The molecule has 30 heavy (non-hydrogen) atoms. The SMILES string of the molecule is COC(=O)[C@@H](O)P(=O)(O)N(C)NC(=O)[C@H](CCCN=C(N)N)NC(=O)[C@@H](N)C(C)C. The van der Waals surface area contributed by atoms with Crippen molar-refractivity contribution in [1.82, 2.24) is 15.5 Å². The number of hydrogen-bond acceptors (Lipinski definition) is 8. The Morgan fingerprint density at radius 3 is 2.27 bits per heavy atom. The van der Waals surface area contributed by atoms with E-state index in [1.54, 1.807) is 13.8 Å². The third kappa shape index (κ3) is 8.63. The van der Waals surface area contributed by atoms with Crippen LogP contribution in [0.1, 0.15) is 26.7 Å². The van der Waals surface area contributed by atoms with E-state index in [0.717, 1.165) is 14.2 Å². The third-order valence-corrected chi connectivity index (χ3v) is 5.84. The Hall–Kier alpha value is -2.25. The summed E-state index contributed by atoms with van der Waals surface area (Å²) in [6.45, 7) is 3.62. The van der Waals surface area contributed by atoms with Crippen molar-refractivity contribution in [3.63, 3.8) is 0 Å². The molecule has 4 atom stereocenters. The zero-order chi connectivity index (χ0) is 23.6. The van der Waals surface area contributed by atoms with Gasteiger partial charge in [0.1, 0.15) is 6.04 Å². The van der Waals surface area contributed by atoms with Gasteiger partial charge in [0.15, 0.2) is 5.96 Å². The van der Waals surface area contributed by atoms with Crippen molar-refractivity contribution < 1.29 is 33.7 Å². The molecule has 0 saturated heterocycles. The zero-order valence-corrected chi connectivity index (χ0v) is 18.3. The molecule has 0 aliphatic carbocycles. The van der Waals surface area contributed by atoms with Crippen LogP contribution in [0, 0.1) is 5.92 Å². The molecule has 10 N–H and O–H groups in total. The van der Waals surface area contributed by atoms with Crippen LogP contribution in [0.15, 0.2) is 4.99 Å². The molecule has 0 spiro atoms. The van der Waals surface area contributed by atoms with Crippen LogP contribution in [0.2, 0.25) is 0 Å². The summed E-state index contributed by atoms with van der Waals surface area (Å²) in [6.07, 6.45) is 0.362. The van der Waals surface area contributed by atoms with Crippen LogP contribution in [0.25, 0.3) is 0 Å². The van der Waals surface area contributed by atoms with Gasteiger partial charge < -0.3 is 37.3 Å². The molecule has 0 aliphatic heterocycles. The number of carbonyl (C=O) groups excluding carboxylic acids is 3. The fourth-order valence-corrected chi connectivity index (χ4v) is 3.01. The normalized spacial score (nSPS) is 16.2. The number of amides is 2. The lowest BCUT2D eigenvalue weighted by atomic mass is 10.0. The number of esters is 1. The summed E-state index contributed by atoms with van der Waals surface area (Å²) in [5, 5.41) is 12.1. The van der Waals surface area contributed by atoms with Crippen LogP contribution >= 0.6 is 7.52 Å². The number of aliphatic imine (C=N–C) groups is 1. The minimum Gasteiger partial charge on any atom is -0.467 e. The highest BCUT2D eigenvalue weighted by Gasteiger charge is 2.41. The van der Waals surface area contributed by atoms with Gasteiger partial charge in [-0.2, -0.15) is 0 Å². The predicted octanol–water partition coefficient (Wildman–Crippen LogP) is -2.85. The highest BCUT2D eigenvalue weighted by molar-refractivity contribution is 7.57. The summed E-state index contributed by atoms with van der Waals surface area (Å²) in [5.74, 6) is -5.58. The lowest BCUT2D eigenvalue weighted by Crippen LogP contribution is -2.55.